The molecule has 0 aliphatic heterocycles. The zero-order valence-electron chi connectivity index (χ0n) is 13.1. The first-order chi connectivity index (χ1) is 10.4. The van der Waals surface area contributed by atoms with E-state index in [0.717, 1.165) is 27.2 Å². The van der Waals surface area contributed by atoms with Gasteiger partial charge in [0.2, 0.25) is 0 Å². The molecule has 112 valence electrons. The fourth-order valence-electron chi connectivity index (χ4n) is 2.43. The lowest BCUT2D eigenvalue weighted by Crippen LogP contribution is -2.20. The van der Waals surface area contributed by atoms with E-state index in [4.69, 9.17) is 4.98 Å². The second-order valence-corrected chi connectivity index (χ2v) is 7.62. The van der Waals surface area contributed by atoms with Crippen molar-refractivity contribution in [2.24, 2.45) is 5.41 Å². The molecule has 0 unspecified atom stereocenters. The van der Waals surface area contributed by atoms with Crippen LogP contribution in [0.3, 0.4) is 0 Å². The van der Waals surface area contributed by atoms with Gasteiger partial charge in [-0.15, -0.1) is 11.3 Å². The first kappa shape index (κ1) is 14.9. The summed E-state index contributed by atoms with van der Waals surface area (Å²) in [6, 6.07) is 16.2. The van der Waals surface area contributed by atoms with E-state index >= 15 is 0 Å². The molecule has 3 aromatic rings. The molecule has 1 aromatic heterocycles. The van der Waals surface area contributed by atoms with E-state index in [9.17, 15) is 4.79 Å². The minimum Gasteiger partial charge on any atom is -0.294 e. The molecule has 0 saturated carbocycles. The minimum atomic E-state index is -0.391. The molecule has 0 amide bonds. The lowest BCUT2D eigenvalue weighted by atomic mass is 9.86. The lowest BCUT2D eigenvalue weighted by Gasteiger charge is -2.16. The standard InChI is InChI=1S/C19H19NOS/c1-19(2,3)18(21)14-10-7-11-15-17(14)20-16(22-15)12-13-8-5-4-6-9-13/h4-11H,12H2,1-3H3. The summed E-state index contributed by atoms with van der Waals surface area (Å²) >= 11 is 1.67. The normalized spacial score (nSPS) is 11.8. The molecule has 1 heterocycles. The molecule has 0 atom stereocenters. The Morgan fingerprint density at radius 2 is 1.77 bits per heavy atom. The van der Waals surface area contributed by atoms with Crippen LogP contribution in [0.25, 0.3) is 10.2 Å². The van der Waals surface area contributed by atoms with Crippen molar-refractivity contribution in [2.75, 3.05) is 0 Å². The highest BCUT2D eigenvalue weighted by atomic mass is 32.1. The van der Waals surface area contributed by atoms with E-state index < -0.39 is 5.41 Å². The van der Waals surface area contributed by atoms with E-state index in [-0.39, 0.29) is 5.78 Å². The average molecular weight is 309 g/mol. The molecule has 0 aliphatic rings. The number of thiazole rings is 1. The van der Waals surface area contributed by atoms with Gasteiger partial charge in [0.1, 0.15) is 0 Å². The summed E-state index contributed by atoms with van der Waals surface area (Å²) in [7, 11) is 0. The number of fused-ring (bicyclic) bond motifs is 1. The molecule has 2 nitrogen and oxygen atoms in total. The highest BCUT2D eigenvalue weighted by Gasteiger charge is 2.25. The van der Waals surface area contributed by atoms with Gasteiger partial charge in [-0.25, -0.2) is 4.98 Å². The molecule has 0 radical (unpaired) electrons. The van der Waals surface area contributed by atoms with Gasteiger partial charge in [0, 0.05) is 17.4 Å². The van der Waals surface area contributed by atoms with Crippen LogP contribution >= 0.6 is 11.3 Å². The van der Waals surface area contributed by atoms with Crippen molar-refractivity contribution < 1.29 is 4.79 Å². The van der Waals surface area contributed by atoms with Crippen molar-refractivity contribution in [3.05, 3.63) is 64.7 Å². The van der Waals surface area contributed by atoms with Crippen LogP contribution in [0.5, 0.6) is 0 Å². The summed E-state index contributed by atoms with van der Waals surface area (Å²) in [4.78, 5) is 17.4. The lowest BCUT2D eigenvalue weighted by molar-refractivity contribution is 0.0860. The smallest absolute Gasteiger partial charge is 0.170 e. The van der Waals surface area contributed by atoms with Crippen LogP contribution in [-0.2, 0) is 6.42 Å². The summed E-state index contributed by atoms with van der Waals surface area (Å²) in [5.74, 6) is 0.148. The summed E-state index contributed by atoms with van der Waals surface area (Å²) in [5.41, 5.74) is 2.43. The Morgan fingerprint density at radius 3 is 2.45 bits per heavy atom. The third kappa shape index (κ3) is 2.95. The maximum absolute atomic E-state index is 12.6. The zero-order chi connectivity index (χ0) is 15.7. The number of Topliss-reactive ketones (excluding diaryl/α,β-unsaturated/α-hetero) is 1. The third-order valence-corrected chi connectivity index (χ3v) is 4.61. The molecule has 22 heavy (non-hydrogen) atoms. The molecule has 0 spiro atoms. The van der Waals surface area contributed by atoms with Crippen molar-refractivity contribution in [1.82, 2.24) is 4.98 Å². The van der Waals surface area contributed by atoms with Gasteiger partial charge >= 0.3 is 0 Å². The number of carbonyl (C=O) groups excluding carboxylic acids is 1. The number of para-hydroxylation sites is 1. The fraction of sp³-hybridized carbons (Fsp3) is 0.263. The van der Waals surface area contributed by atoms with Crippen molar-refractivity contribution in [2.45, 2.75) is 27.2 Å². The van der Waals surface area contributed by atoms with Gasteiger partial charge in [-0.05, 0) is 17.7 Å². The highest BCUT2D eigenvalue weighted by molar-refractivity contribution is 7.18. The van der Waals surface area contributed by atoms with E-state index in [1.54, 1.807) is 11.3 Å². The number of hydrogen-bond donors (Lipinski definition) is 0. The monoisotopic (exact) mass is 309 g/mol. The first-order valence-electron chi connectivity index (χ1n) is 7.42. The van der Waals surface area contributed by atoms with Crippen molar-refractivity contribution in [3.8, 4) is 0 Å². The number of benzene rings is 2. The van der Waals surface area contributed by atoms with Crippen LogP contribution in [0.4, 0.5) is 0 Å². The average Bonchev–Trinajstić information content (AvgIpc) is 2.88. The predicted octanol–water partition coefficient (Wildman–Crippen LogP) is 5.12. The largest absolute Gasteiger partial charge is 0.294 e. The van der Waals surface area contributed by atoms with E-state index in [0.29, 0.717) is 0 Å². The fourth-order valence-corrected chi connectivity index (χ4v) is 3.46. The topological polar surface area (TPSA) is 30.0 Å². The highest BCUT2D eigenvalue weighted by Crippen LogP contribution is 2.30. The van der Waals surface area contributed by atoms with Crippen LogP contribution in [0.15, 0.2) is 48.5 Å². The second-order valence-electron chi connectivity index (χ2n) is 6.50. The second kappa shape index (κ2) is 5.65. The first-order valence-corrected chi connectivity index (χ1v) is 8.24. The Bertz CT molecular complexity index is 812. The zero-order valence-corrected chi connectivity index (χ0v) is 13.9. The molecule has 3 rings (SSSR count). The minimum absolute atomic E-state index is 0.148. The summed E-state index contributed by atoms with van der Waals surface area (Å²) in [6.07, 6.45) is 0.809. The van der Waals surface area contributed by atoms with E-state index in [2.05, 4.69) is 12.1 Å². The molecular formula is C19H19NOS. The van der Waals surface area contributed by atoms with E-state index in [1.165, 1.54) is 5.56 Å². The molecule has 3 heteroatoms. The maximum Gasteiger partial charge on any atom is 0.170 e. The summed E-state index contributed by atoms with van der Waals surface area (Å²) < 4.78 is 1.08. The van der Waals surface area contributed by atoms with Crippen molar-refractivity contribution >= 4 is 27.3 Å². The summed E-state index contributed by atoms with van der Waals surface area (Å²) in [5, 5.41) is 1.05. The van der Waals surface area contributed by atoms with Gasteiger partial charge in [0.25, 0.3) is 0 Å². The summed E-state index contributed by atoms with van der Waals surface area (Å²) in [6.45, 7) is 5.85. The number of nitrogens with zero attached hydrogens (tertiary/aromatic N) is 1. The quantitative estimate of drug-likeness (QED) is 0.629. The Hall–Kier alpha value is -2.00. The number of ketones is 1. The Kier molecular flexibility index (Phi) is 3.83. The predicted molar refractivity (Wildman–Crippen MR) is 92.7 cm³/mol. The molecule has 0 fully saturated rings. The molecule has 0 N–H and O–H groups in total. The van der Waals surface area contributed by atoms with Gasteiger partial charge < -0.3 is 0 Å². The Morgan fingerprint density at radius 1 is 1.05 bits per heavy atom. The van der Waals surface area contributed by atoms with Crippen LogP contribution in [0, 0.1) is 5.41 Å². The van der Waals surface area contributed by atoms with Crippen molar-refractivity contribution in [1.29, 1.82) is 0 Å². The molecule has 0 aliphatic carbocycles. The van der Waals surface area contributed by atoms with Gasteiger partial charge in [0.05, 0.1) is 15.2 Å². The molecule has 2 aromatic carbocycles. The van der Waals surface area contributed by atoms with Crippen LogP contribution in [-0.4, -0.2) is 10.8 Å². The van der Waals surface area contributed by atoms with Crippen LogP contribution < -0.4 is 0 Å². The number of aromatic nitrogens is 1. The SMILES string of the molecule is CC(C)(C)C(=O)c1cccc2sc(Cc3ccccc3)nc12. The number of rotatable bonds is 3. The Balaban J connectivity index is 2.02. The Labute approximate surface area is 134 Å². The van der Waals surface area contributed by atoms with Gasteiger partial charge in [0.15, 0.2) is 5.78 Å². The molecule has 0 saturated heterocycles. The van der Waals surface area contributed by atoms with Gasteiger partial charge in [-0.1, -0.05) is 57.2 Å². The van der Waals surface area contributed by atoms with Crippen LogP contribution in [0.2, 0.25) is 0 Å². The van der Waals surface area contributed by atoms with Gasteiger partial charge in [-0.2, -0.15) is 0 Å². The van der Waals surface area contributed by atoms with E-state index in [1.807, 2.05) is 57.2 Å². The molecular weight excluding hydrogens is 290 g/mol. The third-order valence-electron chi connectivity index (χ3n) is 3.59. The van der Waals surface area contributed by atoms with Crippen LogP contribution in [0.1, 0.15) is 41.7 Å². The maximum atomic E-state index is 12.6. The van der Waals surface area contributed by atoms with Gasteiger partial charge in [-0.3, -0.25) is 4.79 Å². The number of carbonyl (C=O) groups is 1. The van der Waals surface area contributed by atoms with Crippen molar-refractivity contribution in [3.63, 3.8) is 0 Å². The number of hydrogen-bond acceptors (Lipinski definition) is 3. The molecule has 0 bridgehead atoms.